The average Bonchev–Trinajstić information content (AvgIpc) is 2.86. The third-order valence-corrected chi connectivity index (χ3v) is 10.4. The van der Waals surface area contributed by atoms with Gasteiger partial charge in [-0.2, -0.15) is 0 Å². The molecule has 0 radical (unpaired) electrons. The van der Waals surface area contributed by atoms with E-state index in [4.69, 9.17) is 0 Å². The third kappa shape index (κ3) is 5.69. The molecular formula is C33H47N5O3. The predicted octanol–water partition coefficient (Wildman–Crippen LogP) is 5.38. The van der Waals surface area contributed by atoms with Crippen molar-refractivity contribution in [3.8, 4) is 0 Å². The Bertz CT molecular complexity index is 1380. The zero-order valence-electron chi connectivity index (χ0n) is 25.1. The molecule has 4 aliphatic carbocycles. The fourth-order valence-corrected chi connectivity index (χ4v) is 9.80. The van der Waals surface area contributed by atoms with Gasteiger partial charge in [-0.05, 0) is 100 Å². The predicted molar refractivity (Wildman–Crippen MR) is 162 cm³/mol. The van der Waals surface area contributed by atoms with Gasteiger partial charge in [0.15, 0.2) is 0 Å². The van der Waals surface area contributed by atoms with Crippen LogP contribution in [0.3, 0.4) is 0 Å². The Balaban J connectivity index is 0.974. The molecule has 1 aromatic heterocycles. The van der Waals surface area contributed by atoms with Crippen molar-refractivity contribution in [3.05, 3.63) is 34.4 Å². The number of carbonyl (C=O) groups excluding carboxylic acids is 2. The van der Waals surface area contributed by atoms with Crippen LogP contribution in [0.4, 0.5) is 5.69 Å². The zero-order chi connectivity index (χ0) is 28.8. The number of piperidine rings is 1. The van der Waals surface area contributed by atoms with Crippen molar-refractivity contribution in [2.75, 3.05) is 18.4 Å². The van der Waals surface area contributed by atoms with Crippen LogP contribution < -0.4 is 21.5 Å². The molecule has 2 aromatic rings. The summed E-state index contributed by atoms with van der Waals surface area (Å²) in [5, 5.41) is 10.4. The van der Waals surface area contributed by atoms with Gasteiger partial charge in [0.1, 0.15) is 11.9 Å². The van der Waals surface area contributed by atoms with Crippen molar-refractivity contribution < 1.29 is 9.59 Å². The number of aryl methyl sites for hydroxylation is 1. The number of aromatic nitrogens is 2. The largest absolute Gasteiger partial charge is 0.384 e. The van der Waals surface area contributed by atoms with Crippen LogP contribution in [0.15, 0.2) is 23.0 Å². The van der Waals surface area contributed by atoms with Crippen LogP contribution in [0.5, 0.6) is 0 Å². The molecule has 3 unspecified atom stereocenters. The number of hydrogen-bond donors (Lipinski definition) is 3. The van der Waals surface area contributed by atoms with Gasteiger partial charge in [0, 0.05) is 24.2 Å². The van der Waals surface area contributed by atoms with Gasteiger partial charge in [-0.15, -0.1) is 0 Å². The van der Waals surface area contributed by atoms with Gasteiger partial charge in [0.25, 0.3) is 5.56 Å². The number of nitrogens with one attached hydrogen (secondary N) is 3. The van der Waals surface area contributed by atoms with Gasteiger partial charge < -0.3 is 10.6 Å². The number of rotatable bonds is 11. The van der Waals surface area contributed by atoms with Gasteiger partial charge >= 0.3 is 0 Å². The molecular weight excluding hydrogens is 514 g/mol. The number of amides is 2. The molecule has 0 spiro atoms. The highest BCUT2D eigenvalue weighted by molar-refractivity contribution is 5.99. The minimum Gasteiger partial charge on any atom is -0.384 e. The van der Waals surface area contributed by atoms with Crippen LogP contribution >= 0.6 is 0 Å². The van der Waals surface area contributed by atoms with Crippen LogP contribution in [0, 0.1) is 23.7 Å². The summed E-state index contributed by atoms with van der Waals surface area (Å²) in [5.74, 6) is 0.684. The first-order valence-corrected chi connectivity index (χ1v) is 15.9. The second kappa shape index (κ2) is 10.8. The maximum absolute atomic E-state index is 13.6. The molecule has 7 rings (SSSR count). The van der Waals surface area contributed by atoms with Crippen LogP contribution in [0.2, 0.25) is 0 Å². The van der Waals surface area contributed by atoms with Crippen LogP contribution in [-0.2, 0) is 9.59 Å². The normalized spacial score (nSPS) is 32.5. The second-order valence-electron chi connectivity index (χ2n) is 14.5. The van der Waals surface area contributed by atoms with E-state index in [-0.39, 0.29) is 17.9 Å². The number of carbonyl (C=O) groups is 2. The fourth-order valence-electron chi connectivity index (χ4n) is 9.80. The average molecular weight is 562 g/mol. The highest BCUT2D eigenvalue weighted by atomic mass is 16.2. The quantitative estimate of drug-likeness (QED) is 0.251. The minimum absolute atomic E-state index is 0.219. The Morgan fingerprint density at radius 3 is 2.37 bits per heavy atom. The summed E-state index contributed by atoms with van der Waals surface area (Å²) >= 11 is 0. The first-order valence-electron chi connectivity index (χ1n) is 15.9. The van der Waals surface area contributed by atoms with Gasteiger partial charge in [-0.1, -0.05) is 39.2 Å². The van der Waals surface area contributed by atoms with Crippen molar-refractivity contribution in [2.45, 2.75) is 116 Å². The standard InChI is InChI=1S/C33H47N5O3/c1-22-36-25-11-9-10-24(28(25)30(41)38(22)26-12-13-27(39)37-29(26)40)34-14-7-5-4-6-8-15-35-33-18-23-16-31(2,20-33)19-32(3,17-23)21-33/h9-11,23,26,34-35H,4-8,12-21H2,1-3H3,(H,37,39,40)/t23?,26?,31-,32+,33?. The summed E-state index contributed by atoms with van der Waals surface area (Å²) in [5.41, 5.74) is 2.66. The lowest BCUT2D eigenvalue weighted by atomic mass is 9.43. The number of unbranched alkanes of at least 4 members (excludes halogenated alkanes) is 4. The Hall–Kier alpha value is -2.74. The molecule has 1 aliphatic heterocycles. The molecule has 5 aliphatic rings. The van der Waals surface area contributed by atoms with Gasteiger partial charge in [-0.3, -0.25) is 24.3 Å². The number of benzene rings is 1. The van der Waals surface area contributed by atoms with E-state index in [1.807, 2.05) is 18.2 Å². The summed E-state index contributed by atoms with van der Waals surface area (Å²) < 4.78 is 1.45. The molecule has 5 fully saturated rings. The summed E-state index contributed by atoms with van der Waals surface area (Å²) in [6, 6.07) is 4.94. The molecule has 5 atom stereocenters. The van der Waals surface area contributed by atoms with E-state index < -0.39 is 11.9 Å². The SMILES string of the molecule is Cc1nc2cccc(NCCCCCCCNC34CC5C[C@@](C)(C3)C[C@](C)(C5)C4)c2c(=O)n1C1CCC(=O)NC1=O. The van der Waals surface area contributed by atoms with E-state index in [0.717, 1.165) is 37.5 Å². The fraction of sp³-hybridized carbons (Fsp3) is 0.697. The molecule has 4 bridgehead atoms. The molecule has 2 heterocycles. The first-order chi connectivity index (χ1) is 19.6. The Morgan fingerprint density at radius 2 is 1.66 bits per heavy atom. The molecule has 3 N–H and O–H groups in total. The lowest BCUT2D eigenvalue weighted by Gasteiger charge is -2.65. The number of nitrogens with zero attached hydrogens (tertiary/aromatic N) is 2. The highest BCUT2D eigenvalue weighted by Gasteiger charge is 2.59. The molecule has 1 aromatic carbocycles. The maximum Gasteiger partial charge on any atom is 0.264 e. The molecule has 1 saturated heterocycles. The second-order valence-corrected chi connectivity index (χ2v) is 14.5. The monoisotopic (exact) mass is 561 g/mol. The zero-order valence-corrected chi connectivity index (χ0v) is 25.1. The Morgan fingerprint density at radius 1 is 0.951 bits per heavy atom. The molecule has 4 saturated carbocycles. The maximum atomic E-state index is 13.6. The van der Waals surface area contributed by atoms with Crippen LogP contribution in [0.1, 0.15) is 109 Å². The van der Waals surface area contributed by atoms with Crippen molar-refractivity contribution >= 4 is 28.4 Å². The van der Waals surface area contributed by atoms with E-state index in [9.17, 15) is 14.4 Å². The number of hydrogen-bond acceptors (Lipinski definition) is 6. The van der Waals surface area contributed by atoms with Crippen molar-refractivity contribution in [1.29, 1.82) is 0 Å². The van der Waals surface area contributed by atoms with E-state index in [1.165, 1.54) is 62.4 Å². The lowest BCUT2D eigenvalue weighted by Crippen LogP contribution is -2.64. The smallest absolute Gasteiger partial charge is 0.264 e. The molecule has 41 heavy (non-hydrogen) atoms. The molecule has 8 heteroatoms. The minimum atomic E-state index is -0.714. The third-order valence-electron chi connectivity index (χ3n) is 10.4. The van der Waals surface area contributed by atoms with E-state index in [0.29, 0.717) is 39.5 Å². The number of imide groups is 1. The molecule has 2 amide bonds. The highest BCUT2D eigenvalue weighted by Crippen LogP contribution is 2.66. The van der Waals surface area contributed by atoms with Crippen molar-refractivity contribution in [1.82, 2.24) is 20.2 Å². The van der Waals surface area contributed by atoms with Crippen LogP contribution in [-0.4, -0.2) is 40.0 Å². The van der Waals surface area contributed by atoms with Gasteiger partial charge in [0.05, 0.1) is 10.9 Å². The molecule has 222 valence electrons. The van der Waals surface area contributed by atoms with Crippen molar-refractivity contribution in [3.63, 3.8) is 0 Å². The first kappa shape index (κ1) is 28.4. The topological polar surface area (TPSA) is 105 Å². The summed E-state index contributed by atoms with van der Waals surface area (Å²) in [6.07, 6.45) is 14.9. The van der Waals surface area contributed by atoms with Crippen molar-refractivity contribution in [2.24, 2.45) is 16.7 Å². The molecule has 8 nitrogen and oxygen atoms in total. The van der Waals surface area contributed by atoms with Gasteiger partial charge in [-0.25, -0.2) is 4.98 Å². The summed E-state index contributed by atoms with van der Waals surface area (Å²) in [7, 11) is 0. The Kier molecular flexibility index (Phi) is 7.50. The van der Waals surface area contributed by atoms with Crippen LogP contribution in [0.25, 0.3) is 10.9 Å². The van der Waals surface area contributed by atoms with E-state index >= 15 is 0 Å². The Labute approximate surface area is 243 Å². The van der Waals surface area contributed by atoms with E-state index in [1.54, 1.807) is 6.92 Å². The van der Waals surface area contributed by atoms with Gasteiger partial charge in [0.2, 0.25) is 11.8 Å². The number of fused-ring (bicyclic) bond motifs is 1. The number of anilines is 1. The summed E-state index contributed by atoms with van der Waals surface area (Å²) in [4.78, 5) is 42.3. The summed E-state index contributed by atoms with van der Waals surface area (Å²) in [6.45, 7) is 8.75. The lowest BCUT2D eigenvalue weighted by molar-refractivity contribution is -0.135. The van der Waals surface area contributed by atoms with E-state index in [2.05, 4.69) is 34.8 Å².